The van der Waals surface area contributed by atoms with E-state index in [2.05, 4.69) is 22.5 Å². The number of hydrogen-bond acceptors (Lipinski definition) is 3. The molecule has 0 spiro atoms. The standard InChI is InChI=1S/C11H16N4/c1-15(2)11(14-12)9-7-13-10-6-4-3-5-8(9)10/h3-7,11,13-14H,12H2,1-2H3. The topological polar surface area (TPSA) is 57.1 Å². The van der Waals surface area contributed by atoms with Gasteiger partial charge in [0.25, 0.3) is 0 Å². The number of rotatable bonds is 3. The van der Waals surface area contributed by atoms with Gasteiger partial charge in [-0.25, -0.2) is 5.43 Å². The minimum absolute atomic E-state index is 0.0288. The maximum Gasteiger partial charge on any atom is 0.100 e. The Bertz CT molecular complexity index is 447. The minimum atomic E-state index is 0.0288. The molecule has 0 saturated heterocycles. The third kappa shape index (κ3) is 1.74. The maximum absolute atomic E-state index is 5.55. The summed E-state index contributed by atoms with van der Waals surface area (Å²) < 4.78 is 0. The lowest BCUT2D eigenvalue weighted by atomic mass is 10.1. The van der Waals surface area contributed by atoms with Gasteiger partial charge in [-0.15, -0.1) is 0 Å². The van der Waals surface area contributed by atoms with Crippen molar-refractivity contribution in [2.45, 2.75) is 6.17 Å². The molecular weight excluding hydrogens is 188 g/mol. The van der Waals surface area contributed by atoms with Crippen LogP contribution in [0.2, 0.25) is 0 Å². The first kappa shape index (κ1) is 10.2. The molecule has 4 nitrogen and oxygen atoms in total. The average Bonchev–Trinajstić information content (AvgIpc) is 2.63. The molecule has 0 fully saturated rings. The number of nitrogens with zero attached hydrogens (tertiary/aromatic N) is 1. The third-order valence-corrected chi connectivity index (χ3v) is 2.59. The molecule has 0 bridgehead atoms. The molecule has 15 heavy (non-hydrogen) atoms. The summed E-state index contributed by atoms with van der Waals surface area (Å²) in [6, 6.07) is 8.20. The van der Waals surface area contributed by atoms with Crippen molar-refractivity contribution < 1.29 is 0 Å². The molecular formula is C11H16N4. The van der Waals surface area contributed by atoms with Gasteiger partial charge in [-0.1, -0.05) is 18.2 Å². The fourth-order valence-corrected chi connectivity index (χ4v) is 1.84. The van der Waals surface area contributed by atoms with Crippen LogP contribution >= 0.6 is 0 Å². The summed E-state index contributed by atoms with van der Waals surface area (Å²) in [5, 5.41) is 1.20. The minimum Gasteiger partial charge on any atom is -0.361 e. The van der Waals surface area contributed by atoms with Gasteiger partial charge >= 0.3 is 0 Å². The number of H-pyrrole nitrogens is 1. The Morgan fingerprint density at radius 2 is 2.07 bits per heavy atom. The molecule has 0 aliphatic carbocycles. The molecule has 4 heteroatoms. The van der Waals surface area contributed by atoms with Crippen molar-refractivity contribution in [3.63, 3.8) is 0 Å². The molecule has 4 N–H and O–H groups in total. The third-order valence-electron chi connectivity index (χ3n) is 2.59. The molecule has 2 rings (SSSR count). The number of aromatic amines is 1. The van der Waals surface area contributed by atoms with E-state index in [1.165, 1.54) is 5.39 Å². The molecule has 0 aliphatic rings. The van der Waals surface area contributed by atoms with Crippen molar-refractivity contribution in [3.8, 4) is 0 Å². The molecule has 0 amide bonds. The zero-order chi connectivity index (χ0) is 10.8. The highest BCUT2D eigenvalue weighted by Crippen LogP contribution is 2.24. The van der Waals surface area contributed by atoms with Crippen LogP contribution in [0.3, 0.4) is 0 Å². The highest BCUT2D eigenvalue weighted by atomic mass is 15.4. The lowest BCUT2D eigenvalue weighted by Gasteiger charge is -2.22. The van der Waals surface area contributed by atoms with Gasteiger partial charge in [0, 0.05) is 22.7 Å². The number of nitrogens with one attached hydrogen (secondary N) is 2. The normalized spacial score (nSPS) is 13.6. The van der Waals surface area contributed by atoms with E-state index >= 15 is 0 Å². The van der Waals surface area contributed by atoms with E-state index in [1.807, 2.05) is 37.3 Å². The predicted molar refractivity (Wildman–Crippen MR) is 62.0 cm³/mol. The van der Waals surface area contributed by atoms with Gasteiger partial charge in [0.05, 0.1) is 0 Å². The maximum atomic E-state index is 5.55. The molecule has 1 unspecified atom stereocenters. The Morgan fingerprint density at radius 3 is 2.73 bits per heavy atom. The Labute approximate surface area is 89.0 Å². The number of para-hydroxylation sites is 1. The molecule has 2 aromatic rings. The lowest BCUT2D eigenvalue weighted by molar-refractivity contribution is 0.254. The van der Waals surface area contributed by atoms with Crippen LogP contribution in [0.4, 0.5) is 0 Å². The van der Waals surface area contributed by atoms with E-state index in [9.17, 15) is 0 Å². The van der Waals surface area contributed by atoms with Crippen molar-refractivity contribution in [1.82, 2.24) is 15.3 Å². The van der Waals surface area contributed by atoms with Crippen molar-refractivity contribution in [2.24, 2.45) is 5.84 Å². The fourth-order valence-electron chi connectivity index (χ4n) is 1.84. The van der Waals surface area contributed by atoms with Gasteiger partial charge in [-0.05, 0) is 20.2 Å². The molecule has 1 aromatic carbocycles. The quantitative estimate of drug-likeness (QED) is 0.400. The lowest BCUT2D eigenvalue weighted by Crippen LogP contribution is -2.37. The van der Waals surface area contributed by atoms with E-state index in [4.69, 9.17) is 5.84 Å². The second-order valence-corrected chi connectivity index (χ2v) is 3.82. The smallest absolute Gasteiger partial charge is 0.100 e. The van der Waals surface area contributed by atoms with Crippen LogP contribution in [-0.2, 0) is 0 Å². The number of benzene rings is 1. The van der Waals surface area contributed by atoms with E-state index in [0.29, 0.717) is 0 Å². The summed E-state index contributed by atoms with van der Waals surface area (Å²) in [5.74, 6) is 5.55. The van der Waals surface area contributed by atoms with E-state index in [1.54, 1.807) is 0 Å². The summed E-state index contributed by atoms with van der Waals surface area (Å²) in [4.78, 5) is 5.27. The summed E-state index contributed by atoms with van der Waals surface area (Å²) in [6.07, 6.45) is 2.02. The van der Waals surface area contributed by atoms with Crippen LogP contribution in [-0.4, -0.2) is 24.0 Å². The summed E-state index contributed by atoms with van der Waals surface area (Å²) in [5.41, 5.74) is 5.10. The predicted octanol–water partition coefficient (Wildman–Crippen LogP) is 1.19. The second kappa shape index (κ2) is 4.02. The van der Waals surface area contributed by atoms with Crippen LogP contribution < -0.4 is 11.3 Å². The highest BCUT2D eigenvalue weighted by Gasteiger charge is 2.15. The zero-order valence-electron chi connectivity index (χ0n) is 8.99. The molecule has 80 valence electrons. The molecule has 1 atom stereocenters. The summed E-state index contributed by atoms with van der Waals surface area (Å²) in [6.45, 7) is 0. The van der Waals surface area contributed by atoms with Gasteiger partial charge in [0.2, 0.25) is 0 Å². The first-order chi connectivity index (χ1) is 7.24. The van der Waals surface area contributed by atoms with Gasteiger partial charge in [0.1, 0.15) is 6.17 Å². The Kier molecular flexibility index (Phi) is 2.73. The Balaban J connectivity index is 2.51. The van der Waals surface area contributed by atoms with Crippen molar-refractivity contribution in [1.29, 1.82) is 0 Å². The zero-order valence-corrected chi connectivity index (χ0v) is 8.99. The molecule has 0 saturated carbocycles. The second-order valence-electron chi connectivity index (χ2n) is 3.82. The van der Waals surface area contributed by atoms with Crippen LogP contribution in [0.1, 0.15) is 11.7 Å². The largest absolute Gasteiger partial charge is 0.361 e. The molecule has 1 heterocycles. The van der Waals surface area contributed by atoms with Gasteiger partial charge in [0.15, 0.2) is 0 Å². The van der Waals surface area contributed by atoms with Gasteiger partial charge in [-0.2, -0.15) is 0 Å². The summed E-state index contributed by atoms with van der Waals surface area (Å²) >= 11 is 0. The van der Waals surface area contributed by atoms with Crippen LogP contribution in [0, 0.1) is 0 Å². The Morgan fingerprint density at radius 1 is 1.33 bits per heavy atom. The van der Waals surface area contributed by atoms with Crippen molar-refractivity contribution in [2.75, 3.05) is 14.1 Å². The molecule has 0 aliphatic heterocycles. The van der Waals surface area contributed by atoms with E-state index in [-0.39, 0.29) is 6.17 Å². The van der Waals surface area contributed by atoms with Crippen molar-refractivity contribution in [3.05, 3.63) is 36.0 Å². The van der Waals surface area contributed by atoms with Crippen LogP contribution in [0.5, 0.6) is 0 Å². The molecule has 0 radical (unpaired) electrons. The number of nitrogens with two attached hydrogens (primary N) is 1. The van der Waals surface area contributed by atoms with E-state index < -0.39 is 0 Å². The summed E-state index contributed by atoms with van der Waals surface area (Å²) in [7, 11) is 3.98. The van der Waals surface area contributed by atoms with Crippen LogP contribution in [0.25, 0.3) is 10.9 Å². The highest BCUT2D eigenvalue weighted by molar-refractivity contribution is 5.83. The number of hydrogen-bond donors (Lipinski definition) is 3. The molecule has 1 aromatic heterocycles. The fraction of sp³-hybridized carbons (Fsp3) is 0.273. The first-order valence-electron chi connectivity index (χ1n) is 4.92. The van der Waals surface area contributed by atoms with E-state index in [0.717, 1.165) is 11.1 Å². The van der Waals surface area contributed by atoms with Gasteiger partial charge < -0.3 is 4.98 Å². The number of aromatic nitrogens is 1. The first-order valence-corrected chi connectivity index (χ1v) is 4.92. The Hall–Kier alpha value is -1.36. The van der Waals surface area contributed by atoms with Crippen molar-refractivity contribution >= 4 is 10.9 Å². The van der Waals surface area contributed by atoms with Crippen LogP contribution in [0.15, 0.2) is 30.5 Å². The SMILES string of the molecule is CN(C)C(NN)c1c[nH]c2ccccc12. The monoisotopic (exact) mass is 204 g/mol. The number of fused-ring (bicyclic) bond motifs is 1. The van der Waals surface area contributed by atoms with Gasteiger partial charge in [-0.3, -0.25) is 10.7 Å². The average molecular weight is 204 g/mol. The number of hydrazine groups is 1.